The summed E-state index contributed by atoms with van der Waals surface area (Å²) in [5, 5.41) is 9.36. The van der Waals surface area contributed by atoms with Crippen molar-refractivity contribution in [3.8, 4) is 0 Å². The molecule has 1 aromatic rings. The summed E-state index contributed by atoms with van der Waals surface area (Å²) in [5.41, 5.74) is 1.11. The van der Waals surface area contributed by atoms with Crippen LogP contribution in [0.3, 0.4) is 0 Å². The van der Waals surface area contributed by atoms with Gasteiger partial charge in [-0.15, -0.1) is 0 Å². The van der Waals surface area contributed by atoms with Gasteiger partial charge in [-0.05, 0) is 18.6 Å². The third kappa shape index (κ3) is 4.89. The molecule has 2 rings (SSSR count). The van der Waals surface area contributed by atoms with E-state index in [1.807, 2.05) is 30.3 Å². The smallest absolute Gasteiger partial charge is 0.239 e. The fourth-order valence-electron chi connectivity index (χ4n) is 1.95. The summed E-state index contributed by atoms with van der Waals surface area (Å²) in [5.74, 6) is 0.0272. The lowest BCUT2D eigenvalue weighted by Crippen LogP contribution is -2.51. The minimum absolute atomic E-state index is 0.0272. The van der Waals surface area contributed by atoms with E-state index >= 15 is 0 Å². The fraction of sp³-hybridized carbons (Fsp3) is 0.500. The van der Waals surface area contributed by atoms with Gasteiger partial charge in [0.1, 0.15) is 6.04 Å². The van der Waals surface area contributed by atoms with Gasteiger partial charge in [0.05, 0.1) is 13.2 Å². The third-order valence-corrected chi connectivity index (χ3v) is 2.99. The third-order valence-electron chi connectivity index (χ3n) is 2.99. The van der Waals surface area contributed by atoms with Crippen LogP contribution in [0.4, 0.5) is 5.69 Å². The van der Waals surface area contributed by atoms with Crippen LogP contribution in [0.1, 0.15) is 6.42 Å². The predicted molar refractivity (Wildman–Crippen MR) is 75.2 cm³/mol. The Bertz CT molecular complexity index is 378. The van der Waals surface area contributed by atoms with E-state index in [1.165, 1.54) is 0 Å². The molecule has 104 valence electrons. The average Bonchev–Trinajstić information content (AvgIpc) is 2.49. The van der Waals surface area contributed by atoms with Gasteiger partial charge in [-0.25, -0.2) is 0 Å². The van der Waals surface area contributed by atoms with Crippen LogP contribution in [-0.4, -0.2) is 44.8 Å². The topological polar surface area (TPSA) is 62.4 Å². The lowest BCUT2D eigenvalue weighted by Gasteiger charge is -2.22. The first-order chi connectivity index (χ1) is 9.36. The largest absolute Gasteiger partial charge is 0.385 e. The van der Waals surface area contributed by atoms with Crippen molar-refractivity contribution in [2.45, 2.75) is 12.5 Å². The van der Waals surface area contributed by atoms with E-state index in [9.17, 15) is 4.79 Å². The monoisotopic (exact) mass is 263 g/mol. The molecule has 1 aromatic carbocycles. The Hall–Kier alpha value is -1.59. The number of para-hydroxylation sites is 1. The maximum atomic E-state index is 11.8. The van der Waals surface area contributed by atoms with Gasteiger partial charge in [-0.1, -0.05) is 18.2 Å². The highest BCUT2D eigenvalue weighted by Crippen LogP contribution is 2.04. The second kappa shape index (κ2) is 7.76. The predicted octanol–water partition coefficient (Wildman–Crippen LogP) is 0.593. The van der Waals surface area contributed by atoms with Crippen LogP contribution in [0.15, 0.2) is 30.3 Å². The number of carbonyl (C=O) groups excluding carboxylic acids is 1. The first-order valence-corrected chi connectivity index (χ1v) is 6.74. The maximum absolute atomic E-state index is 11.8. The van der Waals surface area contributed by atoms with E-state index in [4.69, 9.17) is 4.74 Å². The molecule has 1 fully saturated rings. The van der Waals surface area contributed by atoms with Crippen molar-refractivity contribution in [2.24, 2.45) is 0 Å². The highest BCUT2D eigenvalue weighted by Gasteiger charge is 2.20. The van der Waals surface area contributed by atoms with E-state index in [0.717, 1.165) is 25.2 Å². The van der Waals surface area contributed by atoms with E-state index in [1.54, 1.807) is 0 Å². The van der Waals surface area contributed by atoms with Gasteiger partial charge in [0.2, 0.25) is 5.91 Å². The molecule has 1 saturated heterocycles. The number of benzene rings is 1. The van der Waals surface area contributed by atoms with Crippen LogP contribution >= 0.6 is 0 Å². The van der Waals surface area contributed by atoms with Gasteiger partial charge in [0.15, 0.2) is 0 Å². The zero-order valence-electron chi connectivity index (χ0n) is 11.0. The quantitative estimate of drug-likeness (QED) is 0.658. The lowest BCUT2D eigenvalue weighted by atomic mass is 10.2. The number of morpholine rings is 1. The van der Waals surface area contributed by atoms with Crippen LogP contribution in [0.2, 0.25) is 0 Å². The molecule has 1 unspecified atom stereocenters. The lowest BCUT2D eigenvalue weighted by molar-refractivity contribution is -0.125. The Morgan fingerprint density at radius 1 is 1.32 bits per heavy atom. The second-order valence-electron chi connectivity index (χ2n) is 4.52. The van der Waals surface area contributed by atoms with Gasteiger partial charge >= 0.3 is 0 Å². The molecule has 0 aliphatic carbocycles. The molecule has 1 aliphatic rings. The van der Waals surface area contributed by atoms with Crippen molar-refractivity contribution < 1.29 is 9.53 Å². The highest BCUT2D eigenvalue weighted by molar-refractivity contribution is 5.81. The molecule has 0 aromatic heterocycles. The number of hydrogen-bond acceptors (Lipinski definition) is 4. The summed E-state index contributed by atoms with van der Waals surface area (Å²) < 4.78 is 5.25. The summed E-state index contributed by atoms with van der Waals surface area (Å²) in [7, 11) is 0. The minimum atomic E-state index is -0.198. The van der Waals surface area contributed by atoms with Crippen LogP contribution < -0.4 is 16.0 Å². The first-order valence-electron chi connectivity index (χ1n) is 6.74. The van der Waals surface area contributed by atoms with E-state index in [2.05, 4.69) is 16.0 Å². The Morgan fingerprint density at radius 2 is 2.16 bits per heavy atom. The number of nitrogens with one attached hydrogen (secondary N) is 3. The summed E-state index contributed by atoms with van der Waals surface area (Å²) in [6, 6.07) is 9.85. The maximum Gasteiger partial charge on any atom is 0.239 e. The van der Waals surface area contributed by atoms with Gasteiger partial charge in [0.25, 0.3) is 0 Å². The molecule has 1 heterocycles. The normalized spacial score (nSPS) is 18.8. The number of amides is 1. The van der Waals surface area contributed by atoms with Crippen molar-refractivity contribution in [3.05, 3.63) is 30.3 Å². The van der Waals surface area contributed by atoms with E-state index in [0.29, 0.717) is 19.8 Å². The first kappa shape index (κ1) is 13.8. The van der Waals surface area contributed by atoms with Crippen LogP contribution in [-0.2, 0) is 9.53 Å². The molecule has 0 radical (unpaired) electrons. The summed E-state index contributed by atoms with van der Waals surface area (Å²) >= 11 is 0. The molecule has 0 saturated carbocycles. The Balaban J connectivity index is 1.55. The zero-order valence-corrected chi connectivity index (χ0v) is 11.0. The minimum Gasteiger partial charge on any atom is -0.385 e. The fourth-order valence-corrected chi connectivity index (χ4v) is 1.95. The molecular weight excluding hydrogens is 242 g/mol. The summed E-state index contributed by atoms with van der Waals surface area (Å²) in [6.45, 7) is 3.42. The van der Waals surface area contributed by atoms with Crippen molar-refractivity contribution in [1.29, 1.82) is 0 Å². The molecule has 0 bridgehead atoms. The molecular formula is C14H21N3O2. The molecule has 0 spiro atoms. The molecule has 5 heteroatoms. The Morgan fingerprint density at radius 3 is 2.89 bits per heavy atom. The van der Waals surface area contributed by atoms with Gasteiger partial charge < -0.3 is 20.7 Å². The Kier molecular flexibility index (Phi) is 5.65. The number of ether oxygens (including phenoxy) is 1. The number of anilines is 1. The second-order valence-corrected chi connectivity index (χ2v) is 4.52. The standard InChI is InChI=1S/C14H21N3O2/c18-14(13-11-19-10-9-16-13)17-8-4-7-15-12-5-2-1-3-6-12/h1-3,5-6,13,15-16H,4,7-11H2,(H,17,18). The molecule has 1 aliphatic heterocycles. The number of carbonyl (C=O) groups is 1. The molecule has 19 heavy (non-hydrogen) atoms. The number of rotatable bonds is 6. The van der Waals surface area contributed by atoms with E-state index in [-0.39, 0.29) is 11.9 Å². The number of hydrogen-bond donors (Lipinski definition) is 3. The van der Waals surface area contributed by atoms with Crippen molar-refractivity contribution in [2.75, 3.05) is 38.2 Å². The summed E-state index contributed by atoms with van der Waals surface area (Å²) in [6.07, 6.45) is 0.897. The molecule has 1 amide bonds. The highest BCUT2D eigenvalue weighted by atomic mass is 16.5. The molecule has 3 N–H and O–H groups in total. The van der Waals surface area contributed by atoms with Crippen molar-refractivity contribution >= 4 is 11.6 Å². The van der Waals surface area contributed by atoms with Gasteiger partial charge in [0, 0.05) is 25.3 Å². The van der Waals surface area contributed by atoms with Crippen LogP contribution in [0, 0.1) is 0 Å². The van der Waals surface area contributed by atoms with Gasteiger partial charge in [-0.3, -0.25) is 4.79 Å². The molecule has 5 nitrogen and oxygen atoms in total. The average molecular weight is 263 g/mol. The van der Waals surface area contributed by atoms with Crippen molar-refractivity contribution in [3.63, 3.8) is 0 Å². The van der Waals surface area contributed by atoms with Crippen LogP contribution in [0.5, 0.6) is 0 Å². The van der Waals surface area contributed by atoms with E-state index < -0.39 is 0 Å². The Labute approximate surface area is 113 Å². The van der Waals surface area contributed by atoms with Crippen molar-refractivity contribution in [1.82, 2.24) is 10.6 Å². The van der Waals surface area contributed by atoms with Crippen LogP contribution in [0.25, 0.3) is 0 Å². The zero-order chi connectivity index (χ0) is 13.3. The SMILES string of the molecule is O=C(NCCCNc1ccccc1)C1COCCN1. The van der Waals surface area contributed by atoms with Gasteiger partial charge in [-0.2, -0.15) is 0 Å². The summed E-state index contributed by atoms with van der Waals surface area (Å²) in [4.78, 5) is 11.8. The molecule has 1 atom stereocenters.